The highest BCUT2D eigenvalue weighted by Crippen LogP contribution is 2.27. The number of carbonyl (C=O) groups is 3. The monoisotopic (exact) mass is 336 g/mol. The van der Waals surface area contributed by atoms with E-state index in [9.17, 15) is 14.4 Å². The number of ketones is 2. The average molecular weight is 336 g/mol. The van der Waals surface area contributed by atoms with Crippen molar-refractivity contribution in [3.63, 3.8) is 0 Å². The minimum absolute atomic E-state index is 0.0528. The number of aromatic nitrogens is 4. The Labute approximate surface area is 143 Å². The van der Waals surface area contributed by atoms with Crippen molar-refractivity contribution in [2.45, 2.75) is 18.3 Å². The summed E-state index contributed by atoms with van der Waals surface area (Å²) in [5, 5.41) is 0. The maximum Gasteiger partial charge on any atom is 0.168 e. The van der Waals surface area contributed by atoms with Gasteiger partial charge in [0.2, 0.25) is 0 Å². The number of Topliss-reactive ketones (excluding diaryl/α,β-unsaturated/α-hetero) is 2. The molecule has 7 nitrogen and oxygen atoms in total. The summed E-state index contributed by atoms with van der Waals surface area (Å²) in [5.41, 5.74) is -0.379. The number of imidazole rings is 1. The molecule has 126 valence electrons. The first-order valence-electron chi connectivity index (χ1n) is 7.70. The third-order valence-electron chi connectivity index (χ3n) is 4.11. The van der Waals surface area contributed by atoms with Crippen LogP contribution in [-0.4, -0.2) is 37.8 Å². The summed E-state index contributed by atoms with van der Waals surface area (Å²) in [4.78, 5) is 51.6. The van der Waals surface area contributed by atoms with Gasteiger partial charge in [-0.3, -0.25) is 14.6 Å². The lowest BCUT2D eigenvalue weighted by atomic mass is 9.72. The first-order chi connectivity index (χ1) is 12.2. The van der Waals surface area contributed by atoms with Crippen LogP contribution in [0.2, 0.25) is 0 Å². The molecule has 0 radical (unpaired) electrons. The summed E-state index contributed by atoms with van der Waals surface area (Å²) >= 11 is 0. The number of H-pyrrole nitrogens is 2. The Hall–Kier alpha value is -3.35. The van der Waals surface area contributed by atoms with Crippen molar-refractivity contribution in [1.29, 1.82) is 0 Å². The number of hydrogen-bond acceptors (Lipinski definition) is 5. The summed E-state index contributed by atoms with van der Waals surface area (Å²) in [5.74, 6) is -0.991. The lowest BCUT2D eigenvalue weighted by Gasteiger charge is -2.25. The molecule has 7 heteroatoms. The molecule has 2 N–H and O–H groups in total. The van der Waals surface area contributed by atoms with Crippen LogP contribution in [0.1, 0.15) is 17.0 Å². The highest BCUT2D eigenvalue weighted by Gasteiger charge is 2.46. The minimum atomic E-state index is -1.88. The van der Waals surface area contributed by atoms with Gasteiger partial charge in [0.15, 0.2) is 17.0 Å². The van der Waals surface area contributed by atoms with Crippen molar-refractivity contribution >= 4 is 17.9 Å². The lowest BCUT2D eigenvalue weighted by molar-refractivity contribution is -0.138. The predicted molar refractivity (Wildman–Crippen MR) is 88.8 cm³/mol. The van der Waals surface area contributed by atoms with Gasteiger partial charge in [-0.1, -0.05) is 0 Å². The molecule has 0 aliphatic carbocycles. The van der Waals surface area contributed by atoms with E-state index in [1.165, 1.54) is 37.1 Å². The molecule has 1 atom stereocenters. The summed E-state index contributed by atoms with van der Waals surface area (Å²) in [6.07, 6.45) is 7.82. The molecule has 0 aromatic carbocycles. The molecule has 1 unspecified atom stereocenters. The Morgan fingerprint density at radius 3 is 2.28 bits per heavy atom. The maximum absolute atomic E-state index is 13.0. The van der Waals surface area contributed by atoms with Crippen LogP contribution >= 0.6 is 0 Å². The number of carbonyl (C=O) groups excluding carboxylic acids is 3. The van der Waals surface area contributed by atoms with E-state index >= 15 is 0 Å². The van der Waals surface area contributed by atoms with Crippen LogP contribution in [0.25, 0.3) is 0 Å². The largest absolute Gasteiger partial charge is 0.365 e. The molecular formula is C18H16N4O3. The minimum Gasteiger partial charge on any atom is -0.365 e. The zero-order valence-electron chi connectivity index (χ0n) is 13.3. The van der Waals surface area contributed by atoms with E-state index in [0.29, 0.717) is 23.2 Å². The molecule has 3 heterocycles. The van der Waals surface area contributed by atoms with E-state index in [1.807, 2.05) is 0 Å². The van der Waals surface area contributed by atoms with Gasteiger partial charge >= 0.3 is 0 Å². The van der Waals surface area contributed by atoms with Crippen LogP contribution in [-0.2, 0) is 32.6 Å². The first-order valence-corrected chi connectivity index (χ1v) is 7.70. The van der Waals surface area contributed by atoms with Crippen LogP contribution in [0.3, 0.4) is 0 Å². The number of nitrogens with zero attached hydrogens (tertiary/aromatic N) is 2. The molecule has 0 saturated heterocycles. The van der Waals surface area contributed by atoms with Crippen molar-refractivity contribution in [1.82, 2.24) is 19.9 Å². The second kappa shape index (κ2) is 7.04. The van der Waals surface area contributed by atoms with E-state index in [1.54, 1.807) is 18.3 Å². The van der Waals surface area contributed by atoms with Gasteiger partial charge in [-0.2, -0.15) is 0 Å². The van der Waals surface area contributed by atoms with Crippen molar-refractivity contribution in [2.75, 3.05) is 0 Å². The van der Waals surface area contributed by atoms with Gasteiger partial charge < -0.3 is 14.8 Å². The van der Waals surface area contributed by atoms with Gasteiger partial charge in [-0.05, 0) is 29.8 Å². The zero-order chi connectivity index (χ0) is 17.7. The molecule has 3 aromatic heterocycles. The summed E-state index contributed by atoms with van der Waals surface area (Å²) < 4.78 is 0. The Balaban J connectivity index is 2.01. The summed E-state index contributed by atoms with van der Waals surface area (Å²) in [6, 6.07) is 6.53. The molecule has 0 bridgehead atoms. The molecule has 3 aromatic rings. The van der Waals surface area contributed by atoms with Crippen molar-refractivity contribution in [3.8, 4) is 0 Å². The number of aldehydes is 1. The van der Waals surface area contributed by atoms with Gasteiger partial charge in [0, 0.05) is 49.0 Å². The smallest absolute Gasteiger partial charge is 0.168 e. The van der Waals surface area contributed by atoms with Crippen LogP contribution in [0.4, 0.5) is 0 Å². The fraction of sp³-hybridized carbons (Fsp3) is 0.167. The number of aromatic amines is 2. The van der Waals surface area contributed by atoms with Gasteiger partial charge in [0.05, 0.1) is 6.33 Å². The van der Waals surface area contributed by atoms with Crippen molar-refractivity contribution in [2.24, 2.45) is 0 Å². The normalized spacial score (nSPS) is 13.1. The third kappa shape index (κ3) is 3.16. The van der Waals surface area contributed by atoms with Gasteiger partial charge in [-0.25, -0.2) is 4.98 Å². The summed E-state index contributed by atoms with van der Waals surface area (Å²) in [7, 11) is 0. The topological polar surface area (TPSA) is 109 Å². The average Bonchev–Trinajstić information content (AvgIpc) is 3.31. The van der Waals surface area contributed by atoms with E-state index < -0.39 is 17.0 Å². The number of rotatable bonds is 8. The van der Waals surface area contributed by atoms with E-state index in [2.05, 4.69) is 19.9 Å². The van der Waals surface area contributed by atoms with E-state index in [0.717, 1.165) is 0 Å². The first kappa shape index (κ1) is 16.5. The van der Waals surface area contributed by atoms with Crippen molar-refractivity contribution < 1.29 is 14.4 Å². The third-order valence-corrected chi connectivity index (χ3v) is 4.11. The van der Waals surface area contributed by atoms with Crippen LogP contribution < -0.4 is 0 Å². The molecule has 0 aliphatic heterocycles. The number of hydrogen-bond donors (Lipinski definition) is 2. The molecular weight excluding hydrogens is 320 g/mol. The maximum atomic E-state index is 13.0. The second-order valence-electron chi connectivity index (χ2n) is 5.63. The predicted octanol–water partition coefficient (Wildman–Crippen LogP) is 1.19. The molecule has 0 saturated carbocycles. The quantitative estimate of drug-likeness (QED) is 0.474. The Bertz CT molecular complexity index is 807. The number of nitrogens with one attached hydrogen (secondary N) is 2. The van der Waals surface area contributed by atoms with Crippen LogP contribution in [0.15, 0.2) is 55.4 Å². The van der Waals surface area contributed by atoms with E-state index in [-0.39, 0.29) is 12.8 Å². The second-order valence-corrected chi connectivity index (χ2v) is 5.63. The Kier molecular flexibility index (Phi) is 4.65. The van der Waals surface area contributed by atoms with Crippen LogP contribution in [0, 0.1) is 0 Å². The zero-order valence-corrected chi connectivity index (χ0v) is 13.3. The molecule has 0 spiro atoms. The summed E-state index contributed by atoms with van der Waals surface area (Å²) in [6.45, 7) is 0. The fourth-order valence-corrected chi connectivity index (χ4v) is 2.78. The van der Waals surface area contributed by atoms with Gasteiger partial charge in [0.25, 0.3) is 0 Å². The molecule has 25 heavy (non-hydrogen) atoms. The van der Waals surface area contributed by atoms with Gasteiger partial charge in [0.1, 0.15) is 6.29 Å². The molecule has 0 fully saturated rings. The van der Waals surface area contributed by atoms with E-state index in [4.69, 9.17) is 0 Å². The SMILES string of the molecule is O=CC(C(=O)Cc1ccc[nH]1)(C(=O)Cc1cnc[nH]1)c1ccncc1. The molecule has 0 aliphatic rings. The Morgan fingerprint density at radius 2 is 1.72 bits per heavy atom. The fourth-order valence-electron chi connectivity index (χ4n) is 2.78. The Morgan fingerprint density at radius 1 is 1.00 bits per heavy atom. The highest BCUT2D eigenvalue weighted by atomic mass is 16.2. The molecule has 0 amide bonds. The molecule has 3 rings (SSSR count). The lowest BCUT2D eigenvalue weighted by Crippen LogP contribution is -2.47. The van der Waals surface area contributed by atoms with Gasteiger partial charge in [-0.15, -0.1) is 0 Å². The van der Waals surface area contributed by atoms with Crippen LogP contribution in [0.5, 0.6) is 0 Å². The number of pyridine rings is 1. The van der Waals surface area contributed by atoms with Crippen molar-refractivity contribution in [3.05, 3.63) is 72.3 Å². The standard InChI is InChI=1S/C18H16N4O3/c23-11-18(13-3-6-19-7-4-13,16(24)8-14-2-1-5-21-14)17(25)9-15-10-20-12-22-15/h1-7,10-12,21H,8-9H2,(H,20,22). The highest BCUT2D eigenvalue weighted by molar-refractivity contribution is 6.25.